The molecule has 0 saturated carbocycles. The van der Waals surface area contributed by atoms with Gasteiger partial charge in [0, 0.05) is 0 Å². The normalized spacial score (nSPS) is 62.5. The third kappa shape index (κ3) is 1.25. The van der Waals surface area contributed by atoms with E-state index in [-0.39, 0.29) is 0 Å². The Kier molecular flexibility index (Phi) is 1.81. The summed E-state index contributed by atoms with van der Waals surface area (Å²) in [6, 6.07) is 0. The first-order valence-electron chi connectivity index (χ1n) is 4.28. The highest BCUT2D eigenvalue weighted by Gasteiger charge is 2.56. The lowest BCUT2D eigenvalue weighted by atomic mass is 10.2. The van der Waals surface area contributed by atoms with Crippen molar-refractivity contribution in [3.8, 4) is 0 Å². The number of thioether (sulfide) groups is 4. The second-order valence-corrected chi connectivity index (χ2v) is 11.9. The number of hydrogen-bond acceptors (Lipinski definition) is 4. The van der Waals surface area contributed by atoms with Crippen molar-refractivity contribution in [1.29, 1.82) is 0 Å². The van der Waals surface area contributed by atoms with Crippen molar-refractivity contribution in [3.05, 3.63) is 0 Å². The summed E-state index contributed by atoms with van der Waals surface area (Å²) < 4.78 is 2.92. The molecule has 4 aliphatic heterocycles. The van der Waals surface area contributed by atoms with E-state index in [0.717, 1.165) is 9.16 Å². The van der Waals surface area contributed by atoms with E-state index in [0.29, 0.717) is 8.16 Å². The summed E-state index contributed by atoms with van der Waals surface area (Å²) in [4.78, 5) is 0. The highest BCUT2D eigenvalue weighted by Crippen LogP contribution is 2.73. The zero-order chi connectivity index (χ0) is 8.40. The summed E-state index contributed by atoms with van der Waals surface area (Å²) in [7, 11) is 0. The lowest BCUT2D eigenvalue weighted by Crippen LogP contribution is -2.47. The first-order chi connectivity index (χ1) is 5.57. The molecule has 4 fully saturated rings. The fourth-order valence-corrected chi connectivity index (χ4v) is 13.5. The van der Waals surface area contributed by atoms with Crippen LogP contribution in [0.4, 0.5) is 0 Å². The van der Waals surface area contributed by atoms with Gasteiger partial charge in [0.05, 0.1) is 17.3 Å². The SMILES string of the molecule is CC12CC3(C)SC(CC(S1)S3)S2. The molecule has 0 nitrogen and oxygen atoms in total. The monoisotopic (exact) mass is 236 g/mol. The third-order valence-corrected chi connectivity index (χ3v) is 9.25. The largest absolute Gasteiger partial charge is 0.130 e. The average Bonchev–Trinajstić information content (AvgIpc) is 1.75. The Labute approximate surface area is 90.8 Å². The van der Waals surface area contributed by atoms with E-state index < -0.39 is 0 Å². The highest BCUT2D eigenvalue weighted by molar-refractivity contribution is 8.37. The molecule has 0 radical (unpaired) electrons. The average molecular weight is 236 g/mol. The summed E-state index contributed by atoms with van der Waals surface area (Å²) in [5, 5.41) is 0. The lowest BCUT2D eigenvalue weighted by molar-refractivity contribution is 0.677. The molecular weight excluding hydrogens is 224 g/mol. The molecule has 12 heavy (non-hydrogen) atoms. The minimum absolute atomic E-state index is 0.554. The molecule has 0 aromatic heterocycles. The maximum Gasteiger partial charge on any atom is 0.0626 e. The summed E-state index contributed by atoms with van der Waals surface area (Å²) in [6.07, 6.45) is 2.81. The maximum atomic E-state index is 2.44. The molecule has 0 aromatic carbocycles. The number of hydrogen-bond donors (Lipinski definition) is 0. The standard InChI is InChI=1S/C8H12S4/c1-7-4-8(2)11-5(9-7)3-6(10-7)12-8/h5-6H,3-4H2,1-2H3. The predicted molar refractivity (Wildman–Crippen MR) is 64.0 cm³/mol. The smallest absolute Gasteiger partial charge is 0.0626 e. The van der Waals surface area contributed by atoms with Crippen molar-refractivity contribution >= 4 is 47.0 Å². The van der Waals surface area contributed by atoms with Crippen LogP contribution in [0.3, 0.4) is 0 Å². The van der Waals surface area contributed by atoms with Crippen molar-refractivity contribution in [2.45, 2.75) is 44.0 Å². The summed E-state index contributed by atoms with van der Waals surface area (Å²) >= 11 is 8.88. The summed E-state index contributed by atoms with van der Waals surface area (Å²) in [5.74, 6) is 0. The van der Waals surface area contributed by atoms with Gasteiger partial charge in [-0.05, 0) is 26.7 Å². The van der Waals surface area contributed by atoms with Gasteiger partial charge in [-0.3, -0.25) is 0 Å². The van der Waals surface area contributed by atoms with Crippen LogP contribution in [0, 0.1) is 0 Å². The van der Waals surface area contributed by atoms with Gasteiger partial charge in [-0.1, -0.05) is 0 Å². The molecule has 68 valence electrons. The van der Waals surface area contributed by atoms with Crippen LogP contribution >= 0.6 is 47.0 Å². The van der Waals surface area contributed by atoms with Gasteiger partial charge in [-0.2, -0.15) is 0 Å². The molecule has 4 rings (SSSR count). The van der Waals surface area contributed by atoms with Gasteiger partial charge >= 0.3 is 0 Å². The van der Waals surface area contributed by atoms with E-state index in [1.165, 1.54) is 12.8 Å². The third-order valence-electron chi connectivity index (χ3n) is 2.55. The van der Waals surface area contributed by atoms with Crippen molar-refractivity contribution in [2.75, 3.05) is 0 Å². The van der Waals surface area contributed by atoms with E-state index in [2.05, 4.69) is 60.9 Å². The van der Waals surface area contributed by atoms with E-state index in [9.17, 15) is 0 Å². The zero-order valence-corrected chi connectivity index (χ0v) is 10.5. The predicted octanol–water partition coefficient (Wildman–Crippen LogP) is 3.82. The fraction of sp³-hybridized carbons (Fsp3) is 1.00. The van der Waals surface area contributed by atoms with Crippen molar-refractivity contribution in [3.63, 3.8) is 0 Å². The Morgan fingerprint density at radius 2 is 1.33 bits per heavy atom. The molecule has 4 heteroatoms. The number of rotatable bonds is 0. The van der Waals surface area contributed by atoms with Gasteiger partial charge in [0.25, 0.3) is 0 Å². The molecule has 0 unspecified atom stereocenters. The van der Waals surface area contributed by atoms with Crippen molar-refractivity contribution in [2.24, 2.45) is 0 Å². The summed E-state index contributed by atoms with van der Waals surface area (Å²) in [5.41, 5.74) is 0. The molecule has 4 saturated heterocycles. The molecule has 0 aliphatic carbocycles. The summed E-state index contributed by atoms with van der Waals surface area (Å²) in [6.45, 7) is 4.89. The fourth-order valence-electron chi connectivity index (χ4n) is 2.32. The van der Waals surface area contributed by atoms with Gasteiger partial charge in [0.15, 0.2) is 0 Å². The molecule has 0 atom stereocenters. The van der Waals surface area contributed by atoms with Crippen LogP contribution in [0.5, 0.6) is 0 Å². The maximum absolute atomic E-state index is 2.44. The first-order valence-corrected chi connectivity index (χ1v) is 7.80. The Bertz CT molecular complexity index is 193. The van der Waals surface area contributed by atoms with Gasteiger partial charge in [0.2, 0.25) is 0 Å². The van der Waals surface area contributed by atoms with Crippen LogP contribution in [0.2, 0.25) is 0 Å². The second-order valence-electron chi connectivity index (χ2n) is 4.01. The van der Waals surface area contributed by atoms with Gasteiger partial charge < -0.3 is 0 Å². The van der Waals surface area contributed by atoms with E-state index in [1.54, 1.807) is 0 Å². The topological polar surface area (TPSA) is 0 Å². The van der Waals surface area contributed by atoms with Crippen LogP contribution in [-0.2, 0) is 0 Å². The van der Waals surface area contributed by atoms with E-state index in [1.807, 2.05) is 0 Å². The van der Waals surface area contributed by atoms with Crippen LogP contribution in [0.1, 0.15) is 26.7 Å². The molecule has 4 bridgehead atoms. The highest BCUT2D eigenvalue weighted by atomic mass is 32.3. The Morgan fingerprint density at radius 1 is 0.917 bits per heavy atom. The van der Waals surface area contributed by atoms with Crippen LogP contribution in [0.25, 0.3) is 0 Å². The lowest BCUT2D eigenvalue weighted by Gasteiger charge is -2.57. The molecule has 4 heterocycles. The minimum Gasteiger partial charge on any atom is -0.130 e. The molecule has 0 spiro atoms. The molecule has 0 aromatic rings. The van der Waals surface area contributed by atoms with Crippen LogP contribution in [-0.4, -0.2) is 17.3 Å². The Hall–Kier alpha value is 1.40. The van der Waals surface area contributed by atoms with Gasteiger partial charge in [-0.25, -0.2) is 0 Å². The Morgan fingerprint density at radius 3 is 1.67 bits per heavy atom. The quantitative estimate of drug-likeness (QED) is 0.626. The molecule has 4 aliphatic rings. The zero-order valence-electron chi connectivity index (χ0n) is 7.20. The van der Waals surface area contributed by atoms with E-state index >= 15 is 0 Å². The second kappa shape index (κ2) is 2.50. The van der Waals surface area contributed by atoms with Gasteiger partial charge in [0.1, 0.15) is 0 Å². The first kappa shape index (κ1) is 8.69. The van der Waals surface area contributed by atoms with Crippen LogP contribution in [0.15, 0.2) is 0 Å². The van der Waals surface area contributed by atoms with Crippen molar-refractivity contribution < 1.29 is 0 Å². The molecule has 0 N–H and O–H groups in total. The Balaban J connectivity index is 1.98. The molecular formula is C8H12S4. The minimum atomic E-state index is 0.554. The van der Waals surface area contributed by atoms with Crippen LogP contribution < -0.4 is 0 Å². The van der Waals surface area contributed by atoms with Crippen molar-refractivity contribution in [1.82, 2.24) is 0 Å². The molecule has 0 amide bonds. The van der Waals surface area contributed by atoms with E-state index in [4.69, 9.17) is 0 Å². The van der Waals surface area contributed by atoms with Gasteiger partial charge in [-0.15, -0.1) is 47.0 Å².